The number of carbonyl (C=O) groups is 1. The Labute approximate surface area is 154 Å². The standard InChI is InChI=1S/C19H18N6O2/c26-19(24-13-2-5-27-6-3-13)16-10-23-25-4-1-12(7-17(16)25)14-9-21-18-15(14)8-20-11-22-18/h1,4,7-11,13H,2-3,5-6H2,(H,24,26)(H,20,21,22). The van der Waals surface area contributed by atoms with Gasteiger partial charge in [-0.2, -0.15) is 5.10 Å². The number of amides is 1. The van der Waals surface area contributed by atoms with E-state index in [1.807, 2.05) is 24.5 Å². The minimum Gasteiger partial charge on any atom is -0.381 e. The molecule has 5 rings (SSSR count). The first-order valence-corrected chi connectivity index (χ1v) is 8.93. The average molecular weight is 362 g/mol. The predicted octanol–water partition coefficient (Wildman–Crippen LogP) is 2.18. The van der Waals surface area contributed by atoms with Crippen molar-refractivity contribution in [1.82, 2.24) is 29.9 Å². The molecule has 0 atom stereocenters. The van der Waals surface area contributed by atoms with Crippen LogP contribution in [0.5, 0.6) is 0 Å². The molecule has 0 spiro atoms. The molecule has 1 fully saturated rings. The smallest absolute Gasteiger partial charge is 0.255 e. The molecular weight excluding hydrogens is 344 g/mol. The van der Waals surface area contributed by atoms with Gasteiger partial charge in [0.15, 0.2) is 0 Å². The summed E-state index contributed by atoms with van der Waals surface area (Å²) in [7, 11) is 0. The van der Waals surface area contributed by atoms with E-state index in [0.717, 1.165) is 40.5 Å². The molecule has 0 radical (unpaired) electrons. The molecule has 1 amide bonds. The Bertz CT molecular complexity index is 1130. The number of hydrogen-bond donors (Lipinski definition) is 2. The van der Waals surface area contributed by atoms with Crippen LogP contribution >= 0.6 is 0 Å². The Morgan fingerprint density at radius 1 is 1.30 bits per heavy atom. The van der Waals surface area contributed by atoms with Gasteiger partial charge in [-0.25, -0.2) is 14.5 Å². The van der Waals surface area contributed by atoms with Crippen LogP contribution in [0.3, 0.4) is 0 Å². The molecule has 0 bridgehead atoms. The summed E-state index contributed by atoms with van der Waals surface area (Å²) in [5, 5.41) is 8.35. The zero-order chi connectivity index (χ0) is 18.2. The molecule has 0 saturated carbocycles. The fraction of sp³-hybridized carbons (Fsp3) is 0.263. The number of aromatic amines is 1. The minimum absolute atomic E-state index is 0.101. The Hall–Kier alpha value is -3.26. The normalized spacial score (nSPS) is 15.4. The van der Waals surface area contributed by atoms with Gasteiger partial charge in [-0.05, 0) is 30.5 Å². The van der Waals surface area contributed by atoms with Crippen LogP contribution in [0, 0.1) is 0 Å². The van der Waals surface area contributed by atoms with Gasteiger partial charge in [0.1, 0.15) is 12.0 Å². The number of nitrogens with one attached hydrogen (secondary N) is 2. The molecule has 5 heterocycles. The van der Waals surface area contributed by atoms with Crippen LogP contribution in [0.2, 0.25) is 0 Å². The zero-order valence-corrected chi connectivity index (χ0v) is 14.6. The molecule has 1 saturated heterocycles. The third kappa shape index (κ3) is 2.83. The molecule has 0 unspecified atom stereocenters. The lowest BCUT2D eigenvalue weighted by Gasteiger charge is -2.22. The van der Waals surface area contributed by atoms with Crippen molar-refractivity contribution in [2.75, 3.05) is 13.2 Å². The molecule has 4 aromatic rings. The van der Waals surface area contributed by atoms with Gasteiger partial charge in [0, 0.05) is 48.8 Å². The fourth-order valence-electron chi connectivity index (χ4n) is 3.53. The molecule has 8 nitrogen and oxygen atoms in total. The SMILES string of the molecule is O=C(NC1CCOCC1)c1cnn2ccc(-c3c[nH]c4ncncc34)cc12. The van der Waals surface area contributed by atoms with E-state index < -0.39 is 0 Å². The molecule has 1 aliphatic heterocycles. The highest BCUT2D eigenvalue weighted by atomic mass is 16.5. The molecule has 0 aromatic carbocycles. The summed E-state index contributed by atoms with van der Waals surface area (Å²) in [6.07, 6.45) is 10.4. The van der Waals surface area contributed by atoms with Crippen molar-refractivity contribution in [2.45, 2.75) is 18.9 Å². The molecule has 136 valence electrons. The fourth-order valence-corrected chi connectivity index (χ4v) is 3.53. The monoisotopic (exact) mass is 362 g/mol. The topological polar surface area (TPSA) is 97.2 Å². The second kappa shape index (κ2) is 6.48. The van der Waals surface area contributed by atoms with Gasteiger partial charge in [0.05, 0.1) is 17.3 Å². The number of nitrogens with zero attached hydrogens (tertiary/aromatic N) is 4. The number of pyridine rings is 1. The lowest BCUT2D eigenvalue weighted by Crippen LogP contribution is -2.38. The van der Waals surface area contributed by atoms with E-state index in [-0.39, 0.29) is 11.9 Å². The average Bonchev–Trinajstić information content (AvgIpc) is 3.32. The number of hydrogen-bond acceptors (Lipinski definition) is 5. The number of H-pyrrole nitrogens is 1. The van der Waals surface area contributed by atoms with Gasteiger partial charge < -0.3 is 15.0 Å². The Morgan fingerprint density at radius 2 is 2.19 bits per heavy atom. The summed E-state index contributed by atoms with van der Waals surface area (Å²) in [5.41, 5.74) is 4.09. The lowest BCUT2D eigenvalue weighted by molar-refractivity contribution is 0.0697. The van der Waals surface area contributed by atoms with Crippen LogP contribution in [-0.2, 0) is 4.74 Å². The van der Waals surface area contributed by atoms with Gasteiger partial charge in [-0.15, -0.1) is 0 Å². The number of aromatic nitrogens is 5. The number of carbonyl (C=O) groups excluding carboxylic acids is 1. The van der Waals surface area contributed by atoms with Crippen LogP contribution in [0.15, 0.2) is 43.2 Å². The minimum atomic E-state index is -0.101. The van der Waals surface area contributed by atoms with Crippen LogP contribution in [0.25, 0.3) is 27.7 Å². The van der Waals surface area contributed by atoms with E-state index in [2.05, 4.69) is 25.4 Å². The first-order valence-electron chi connectivity index (χ1n) is 8.93. The highest BCUT2D eigenvalue weighted by Gasteiger charge is 2.20. The third-order valence-electron chi connectivity index (χ3n) is 4.99. The molecule has 2 N–H and O–H groups in total. The van der Waals surface area contributed by atoms with Crippen LogP contribution in [0.1, 0.15) is 23.2 Å². The first kappa shape index (κ1) is 16.0. The second-order valence-corrected chi connectivity index (χ2v) is 6.65. The van der Waals surface area contributed by atoms with E-state index in [1.165, 1.54) is 6.33 Å². The Balaban J connectivity index is 1.51. The van der Waals surface area contributed by atoms with Crippen LogP contribution < -0.4 is 5.32 Å². The number of fused-ring (bicyclic) bond motifs is 2. The maximum absolute atomic E-state index is 12.8. The second-order valence-electron chi connectivity index (χ2n) is 6.65. The van der Waals surface area contributed by atoms with Crippen molar-refractivity contribution < 1.29 is 9.53 Å². The summed E-state index contributed by atoms with van der Waals surface area (Å²) in [6, 6.07) is 4.09. The zero-order valence-electron chi connectivity index (χ0n) is 14.6. The maximum Gasteiger partial charge on any atom is 0.255 e. The Morgan fingerprint density at radius 3 is 3.07 bits per heavy atom. The van der Waals surface area contributed by atoms with Crippen molar-refractivity contribution in [3.05, 3.63) is 48.8 Å². The Kier molecular flexibility index (Phi) is 3.83. The molecule has 4 aromatic heterocycles. The first-order chi connectivity index (χ1) is 13.3. The predicted molar refractivity (Wildman–Crippen MR) is 99.4 cm³/mol. The van der Waals surface area contributed by atoms with Gasteiger partial charge in [0.2, 0.25) is 0 Å². The summed E-state index contributed by atoms with van der Waals surface area (Å²) >= 11 is 0. The molecular formula is C19H18N6O2. The third-order valence-corrected chi connectivity index (χ3v) is 4.99. The van der Waals surface area contributed by atoms with Crippen molar-refractivity contribution >= 4 is 22.5 Å². The van der Waals surface area contributed by atoms with Crippen molar-refractivity contribution in [3.8, 4) is 11.1 Å². The quantitative estimate of drug-likeness (QED) is 0.582. The lowest BCUT2D eigenvalue weighted by atomic mass is 10.1. The van der Waals surface area contributed by atoms with Crippen molar-refractivity contribution in [3.63, 3.8) is 0 Å². The van der Waals surface area contributed by atoms with Gasteiger partial charge in [0.25, 0.3) is 5.91 Å². The van der Waals surface area contributed by atoms with Gasteiger partial charge >= 0.3 is 0 Å². The molecule has 27 heavy (non-hydrogen) atoms. The largest absolute Gasteiger partial charge is 0.381 e. The van der Waals surface area contributed by atoms with E-state index in [0.29, 0.717) is 18.8 Å². The van der Waals surface area contributed by atoms with Crippen LogP contribution in [0.4, 0.5) is 0 Å². The van der Waals surface area contributed by atoms with E-state index in [1.54, 1.807) is 16.9 Å². The summed E-state index contributed by atoms with van der Waals surface area (Å²) in [6.45, 7) is 1.37. The number of rotatable bonds is 3. The highest BCUT2D eigenvalue weighted by molar-refractivity contribution is 6.02. The summed E-state index contributed by atoms with van der Waals surface area (Å²) in [5.74, 6) is -0.101. The van der Waals surface area contributed by atoms with Gasteiger partial charge in [-0.1, -0.05) is 0 Å². The van der Waals surface area contributed by atoms with E-state index in [9.17, 15) is 4.79 Å². The van der Waals surface area contributed by atoms with Gasteiger partial charge in [-0.3, -0.25) is 4.79 Å². The van der Waals surface area contributed by atoms with Crippen LogP contribution in [-0.4, -0.2) is 49.7 Å². The van der Waals surface area contributed by atoms with Crippen molar-refractivity contribution in [1.29, 1.82) is 0 Å². The molecule has 1 aliphatic rings. The highest BCUT2D eigenvalue weighted by Crippen LogP contribution is 2.28. The summed E-state index contributed by atoms with van der Waals surface area (Å²) in [4.78, 5) is 24.3. The van der Waals surface area contributed by atoms with E-state index >= 15 is 0 Å². The molecule has 0 aliphatic carbocycles. The summed E-state index contributed by atoms with van der Waals surface area (Å²) < 4.78 is 7.07. The van der Waals surface area contributed by atoms with E-state index in [4.69, 9.17) is 4.74 Å². The molecule has 8 heteroatoms. The van der Waals surface area contributed by atoms with Crippen molar-refractivity contribution in [2.24, 2.45) is 0 Å². The maximum atomic E-state index is 12.8. The number of ether oxygens (including phenoxy) is 1.